The molecule has 0 amide bonds. The minimum Gasteiger partial charge on any atom is -0.375 e. The average molecular weight is 183 g/mol. The van der Waals surface area contributed by atoms with Crippen LogP contribution < -0.4 is 16.6 Å². The van der Waals surface area contributed by atoms with Crippen molar-refractivity contribution in [1.29, 1.82) is 0 Å². The second kappa shape index (κ2) is 4.77. The Hall–Kier alpha value is -1.03. The van der Waals surface area contributed by atoms with Crippen LogP contribution in [0.15, 0.2) is 23.9 Å². The molecular weight excluding hydrogens is 170 g/mol. The molecule has 1 rings (SSSR count). The van der Waals surface area contributed by atoms with E-state index in [0.29, 0.717) is 0 Å². The van der Waals surface area contributed by atoms with Gasteiger partial charge in [0.2, 0.25) is 0 Å². The second-order valence-electron chi connectivity index (χ2n) is 2.65. The Balaban J connectivity index is 2.26. The van der Waals surface area contributed by atoms with Gasteiger partial charge in [-0.25, -0.2) is 0 Å². The molecule has 1 aliphatic carbocycles. The van der Waals surface area contributed by atoms with Crippen LogP contribution in [0.4, 0.5) is 0 Å². The van der Waals surface area contributed by atoms with Gasteiger partial charge in [-0.2, -0.15) is 0 Å². The topological polar surface area (TPSA) is 50.1 Å². The highest BCUT2D eigenvalue weighted by atomic mass is 32.1. The fourth-order valence-corrected chi connectivity index (χ4v) is 1.12. The lowest BCUT2D eigenvalue weighted by atomic mass is 10.0. The first-order valence-electron chi connectivity index (χ1n) is 3.93. The fraction of sp³-hybridized carbons (Fsp3) is 0.375. The van der Waals surface area contributed by atoms with Crippen LogP contribution in [0.1, 0.15) is 19.3 Å². The maximum absolute atomic E-state index is 5.22. The normalized spacial score (nSPS) is 19.2. The van der Waals surface area contributed by atoms with E-state index in [2.05, 4.69) is 35.2 Å². The lowest BCUT2D eigenvalue weighted by molar-refractivity contribution is 0.787. The largest absolute Gasteiger partial charge is 0.375 e. The van der Waals surface area contributed by atoms with E-state index in [1.807, 2.05) is 6.20 Å². The van der Waals surface area contributed by atoms with E-state index in [0.717, 1.165) is 19.3 Å². The summed E-state index contributed by atoms with van der Waals surface area (Å²) in [6.07, 6.45) is 9.54. The van der Waals surface area contributed by atoms with Crippen molar-refractivity contribution in [1.82, 2.24) is 10.9 Å². The Bertz CT molecular complexity index is 220. The van der Waals surface area contributed by atoms with E-state index in [1.54, 1.807) is 0 Å². The van der Waals surface area contributed by atoms with Gasteiger partial charge in [0.1, 0.15) is 0 Å². The molecule has 0 heterocycles. The average Bonchev–Trinajstić information content (AvgIpc) is 2.05. The molecular formula is C8H13N3S. The molecule has 0 bridgehead atoms. The number of thiocarbonyl (C=S) groups is 1. The zero-order chi connectivity index (χ0) is 8.81. The fourth-order valence-electron chi connectivity index (χ4n) is 1.06. The Labute approximate surface area is 77.7 Å². The van der Waals surface area contributed by atoms with Crippen LogP contribution in [0.2, 0.25) is 0 Å². The first-order valence-corrected chi connectivity index (χ1v) is 4.34. The summed E-state index contributed by atoms with van der Waals surface area (Å²) in [7, 11) is 0. The molecule has 0 aromatic heterocycles. The van der Waals surface area contributed by atoms with Gasteiger partial charge in [-0.3, -0.25) is 5.43 Å². The molecule has 0 aromatic rings. The smallest absolute Gasteiger partial charge is 0.182 e. The Morgan fingerprint density at radius 3 is 3.00 bits per heavy atom. The molecule has 0 saturated heterocycles. The first-order chi connectivity index (χ1) is 5.79. The van der Waals surface area contributed by atoms with Crippen molar-refractivity contribution in [2.45, 2.75) is 19.3 Å². The van der Waals surface area contributed by atoms with Gasteiger partial charge in [0.05, 0.1) is 0 Å². The number of nitrogens with one attached hydrogen (secondary N) is 2. The van der Waals surface area contributed by atoms with Crippen LogP contribution in [-0.4, -0.2) is 5.11 Å². The van der Waals surface area contributed by atoms with Crippen LogP contribution in [-0.2, 0) is 0 Å². The number of rotatable bonds is 2. The standard InChI is InChI=1S/C8H13N3S/c9-8(12)11-10-6-7-4-2-1-3-5-7/h1-2,6,10H,3-5H2,(H3,9,11,12). The highest BCUT2D eigenvalue weighted by molar-refractivity contribution is 7.80. The molecule has 0 aliphatic heterocycles. The Morgan fingerprint density at radius 1 is 1.58 bits per heavy atom. The lowest BCUT2D eigenvalue weighted by Crippen LogP contribution is -2.37. The number of allylic oxidation sites excluding steroid dienone is 3. The molecule has 0 spiro atoms. The van der Waals surface area contributed by atoms with Crippen LogP contribution in [0.25, 0.3) is 0 Å². The molecule has 12 heavy (non-hydrogen) atoms. The summed E-state index contributed by atoms with van der Waals surface area (Å²) in [6.45, 7) is 0. The molecule has 66 valence electrons. The van der Waals surface area contributed by atoms with Gasteiger partial charge < -0.3 is 11.2 Å². The van der Waals surface area contributed by atoms with Crippen LogP contribution >= 0.6 is 12.2 Å². The van der Waals surface area contributed by atoms with Crippen molar-refractivity contribution in [2.75, 3.05) is 0 Å². The highest BCUT2D eigenvalue weighted by Gasteiger charge is 1.98. The third-order valence-electron chi connectivity index (χ3n) is 1.65. The van der Waals surface area contributed by atoms with Crippen molar-refractivity contribution in [3.8, 4) is 0 Å². The number of hydrazine groups is 1. The van der Waals surface area contributed by atoms with Crippen LogP contribution in [0, 0.1) is 0 Å². The zero-order valence-corrected chi connectivity index (χ0v) is 7.66. The summed E-state index contributed by atoms with van der Waals surface area (Å²) in [5.74, 6) is 0. The quantitative estimate of drug-likeness (QED) is 0.339. The predicted octanol–water partition coefficient (Wildman–Crippen LogP) is 0.948. The van der Waals surface area contributed by atoms with Crippen LogP contribution in [0.5, 0.6) is 0 Å². The summed E-state index contributed by atoms with van der Waals surface area (Å²) >= 11 is 4.62. The molecule has 0 unspecified atom stereocenters. The minimum absolute atomic E-state index is 0.262. The third-order valence-corrected chi connectivity index (χ3v) is 1.75. The molecule has 0 saturated carbocycles. The lowest BCUT2D eigenvalue weighted by Gasteiger charge is -2.09. The minimum atomic E-state index is 0.262. The van der Waals surface area contributed by atoms with Crippen molar-refractivity contribution in [3.63, 3.8) is 0 Å². The van der Waals surface area contributed by atoms with Gasteiger partial charge in [0.25, 0.3) is 0 Å². The van der Waals surface area contributed by atoms with Gasteiger partial charge in [-0.1, -0.05) is 12.2 Å². The Kier molecular flexibility index (Phi) is 3.60. The molecule has 0 fully saturated rings. The molecule has 3 nitrogen and oxygen atoms in total. The molecule has 0 atom stereocenters. The number of hydrogen-bond acceptors (Lipinski definition) is 2. The summed E-state index contributed by atoms with van der Waals surface area (Å²) < 4.78 is 0. The maximum Gasteiger partial charge on any atom is 0.182 e. The second-order valence-corrected chi connectivity index (χ2v) is 3.09. The number of hydrogen-bond donors (Lipinski definition) is 3. The van der Waals surface area contributed by atoms with E-state index in [1.165, 1.54) is 5.57 Å². The van der Waals surface area contributed by atoms with E-state index < -0.39 is 0 Å². The first kappa shape index (κ1) is 9.06. The zero-order valence-electron chi connectivity index (χ0n) is 6.84. The molecule has 0 aromatic carbocycles. The number of nitrogens with two attached hydrogens (primary N) is 1. The SMILES string of the molecule is NC(=S)NNC=C1CC=CCC1. The van der Waals surface area contributed by atoms with Crippen molar-refractivity contribution in [2.24, 2.45) is 5.73 Å². The molecule has 1 aliphatic rings. The van der Waals surface area contributed by atoms with Crippen molar-refractivity contribution < 1.29 is 0 Å². The van der Waals surface area contributed by atoms with E-state index in [9.17, 15) is 0 Å². The molecule has 4 heteroatoms. The van der Waals surface area contributed by atoms with E-state index in [4.69, 9.17) is 5.73 Å². The molecule has 4 N–H and O–H groups in total. The monoisotopic (exact) mass is 183 g/mol. The van der Waals surface area contributed by atoms with Gasteiger partial charge in [-0.05, 0) is 37.1 Å². The predicted molar refractivity (Wildman–Crippen MR) is 54.1 cm³/mol. The summed E-state index contributed by atoms with van der Waals surface area (Å²) in [4.78, 5) is 0. The van der Waals surface area contributed by atoms with Crippen LogP contribution in [0.3, 0.4) is 0 Å². The molecule has 0 radical (unpaired) electrons. The third kappa shape index (κ3) is 3.39. The van der Waals surface area contributed by atoms with E-state index >= 15 is 0 Å². The van der Waals surface area contributed by atoms with Crippen molar-refractivity contribution >= 4 is 17.3 Å². The summed E-state index contributed by atoms with van der Waals surface area (Å²) in [5, 5.41) is 0.262. The Morgan fingerprint density at radius 2 is 2.42 bits per heavy atom. The van der Waals surface area contributed by atoms with E-state index in [-0.39, 0.29) is 5.11 Å². The van der Waals surface area contributed by atoms with Gasteiger partial charge in [-0.15, -0.1) is 0 Å². The summed E-state index contributed by atoms with van der Waals surface area (Å²) in [6, 6.07) is 0. The summed E-state index contributed by atoms with van der Waals surface area (Å²) in [5.41, 5.74) is 12.1. The van der Waals surface area contributed by atoms with Gasteiger partial charge in [0.15, 0.2) is 5.11 Å². The van der Waals surface area contributed by atoms with Gasteiger partial charge in [0, 0.05) is 6.20 Å². The van der Waals surface area contributed by atoms with Gasteiger partial charge >= 0.3 is 0 Å². The maximum atomic E-state index is 5.22. The van der Waals surface area contributed by atoms with Crippen molar-refractivity contribution in [3.05, 3.63) is 23.9 Å². The highest BCUT2D eigenvalue weighted by Crippen LogP contribution is 2.15.